The van der Waals surface area contributed by atoms with Gasteiger partial charge < -0.3 is 4.74 Å². The Labute approximate surface area is 125 Å². The van der Waals surface area contributed by atoms with E-state index >= 15 is 0 Å². The van der Waals surface area contributed by atoms with E-state index in [4.69, 9.17) is 4.74 Å². The number of esters is 1. The Kier molecular flexibility index (Phi) is 4.13. The maximum Gasteiger partial charge on any atom is 0.324 e. The normalized spacial score (nSPS) is 18.9. The third kappa shape index (κ3) is 2.70. The fraction of sp³-hybridized carbons (Fsp3) is 0.533. The molecule has 5 nitrogen and oxygen atoms in total. The van der Waals surface area contributed by atoms with E-state index < -0.39 is 22.0 Å². The molecular weight excluding hydrogens is 290 g/mol. The molecule has 0 saturated carbocycles. The van der Waals surface area contributed by atoms with Crippen LogP contribution < -0.4 is 4.72 Å². The van der Waals surface area contributed by atoms with E-state index in [9.17, 15) is 13.2 Å². The molecule has 21 heavy (non-hydrogen) atoms. The van der Waals surface area contributed by atoms with Gasteiger partial charge in [0.1, 0.15) is 6.04 Å². The van der Waals surface area contributed by atoms with Crippen molar-refractivity contribution in [2.24, 2.45) is 0 Å². The van der Waals surface area contributed by atoms with Gasteiger partial charge in [0.25, 0.3) is 0 Å². The topological polar surface area (TPSA) is 72.5 Å². The first-order valence-corrected chi connectivity index (χ1v) is 8.41. The van der Waals surface area contributed by atoms with Crippen LogP contribution >= 0.6 is 0 Å². The van der Waals surface area contributed by atoms with E-state index in [0.29, 0.717) is 6.42 Å². The standard InChI is InChI=1S/C15H21NO4S/c1-8-9(2)11(4)14(12(5)10(8)3)21(18,19)16-13-6-7-20-15(13)17/h13,16H,6-7H2,1-5H3. The van der Waals surface area contributed by atoms with E-state index in [1.165, 1.54) is 0 Å². The predicted molar refractivity (Wildman–Crippen MR) is 79.8 cm³/mol. The maximum atomic E-state index is 12.7. The number of benzene rings is 1. The summed E-state index contributed by atoms with van der Waals surface area (Å²) in [6.07, 6.45) is 0.375. The quantitative estimate of drug-likeness (QED) is 0.864. The van der Waals surface area contributed by atoms with Gasteiger partial charge >= 0.3 is 5.97 Å². The molecule has 1 unspecified atom stereocenters. The second-order valence-corrected chi connectivity index (χ2v) is 7.23. The molecule has 0 bridgehead atoms. The van der Waals surface area contributed by atoms with E-state index in [1.54, 1.807) is 13.8 Å². The summed E-state index contributed by atoms with van der Waals surface area (Å²) in [5.74, 6) is -0.505. The number of hydrogen-bond acceptors (Lipinski definition) is 4. The van der Waals surface area contributed by atoms with Gasteiger partial charge in [-0.3, -0.25) is 4.79 Å². The lowest BCUT2D eigenvalue weighted by Crippen LogP contribution is -2.38. The van der Waals surface area contributed by atoms with Gasteiger partial charge in [-0.15, -0.1) is 0 Å². The summed E-state index contributed by atoms with van der Waals surface area (Å²) in [6.45, 7) is 9.69. The Morgan fingerprint density at radius 2 is 1.43 bits per heavy atom. The van der Waals surface area contributed by atoms with Crippen molar-refractivity contribution in [3.8, 4) is 0 Å². The average molecular weight is 311 g/mol. The van der Waals surface area contributed by atoms with Gasteiger partial charge in [-0.2, -0.15) is 4.72 Å². The van der Waals surface area contributed by atoms with Gasteiger partial charge in [0.05, 0.1) is 11.5 Å². The van der Waals surface area contributed by atoms with Crippen molar-refractivity contribution >= 4 is 16.0 Å². The first-order valence-electron chi connectivity index (χ1n) is 6.92. The highest BCUT2D eigenvalue weighted by molar-refractivity contribution is 7.89. The molecule has 1 fully saturated rings. The van der Waals surface area contributed by atoms with Crippen molar-refractivity contribution < 1.29 is 17.9 Å². The van der Waals surface area contributed by atoms with Crippen LogP contribution in [-0.2, 0) is 19.6 Å². The number of hydrogen-bond donors (Lipinski definition) is 1. The Bertz CT molecular complexity index is 678. The van der Waals surface area contributed by atoms with Gasteiger partial charge in [-0.05, 0) is 62.4 Å². The summed E-state index contributed by atoms with van der Waals surface area (Å²) in [7, 11) is -3.75. The van der Waals surface area contributed by atoms with E-state index in [-0.39, 0.29) is 11.5 Å². The third-order valence-corrected chi connectivity index (χ3v) is 6.18. The minimum Gasteiger partial charge on any atom is -0.464 e. The number of cyclic esters (lactones) is 1. The second kappa shape index (κ2) is 5.42. The molecule has 1 aliphatic heterocycles. The van der Waals surface area contributed by atoms with Gasteiger partial charge in [0.2, 0.25) is 10.0 Å². The third-order valence-electron chi connectivity index (χ3n) is 4.43. The van der Waals surface area contributed by atoms with E-state index in [1.807, 2.05) is 20.8 Å². The molecule has 1 aromatic carbocycles. The molecule has 6 heteroatoms. The van der Waals surface area contributed by atoms with Gasteiger partial charge in [0.15, 0.2) is 0 Å². The Morgan fingerprint density at radius 1 is 0.952 bits per heavy atom. The molecule has 0 amide bonds. The fourth-order valence-corrected chi connectivity index (χ4v) is 4.54. The maximum absolute atomic E-state index is 12.7. The number of sulfonamides is 1. The van der Waals surface area contributed by atoms with Gasteiger partial charge in [-0.25, -0.2) is 8.42 Å². The monoisotopic (exact) mass is 311 g/mol. The number of nitrogens with one attached hydrogen (secondary N) is 1. The fourth-order valence-electron chi connectivity index (χ4n) is 2.72. The van der Waals surface area contributed by atoms with Gasteiger partial charge in [0, 0.05) is 6.42 Å². The Morgan fingerprint density at radius 3 is 1.86 bits per heavy atom. The smallest absolute Gasteiger partial charge is 0.324 e. The highest BCUT2D eigenvalue weighted by atomic mass is 32.2. The molecule has 1 N–H and O–H groups in total. The lowest BCUT2D eigenvalue weighted by atomic mass is 9.95. The zero-order valence-corrected chi connectivity index (χ0v) is 13.8. The van der Waals surface area contributed by atoms with Crippen molar-refractivity contribution in [3.05, 3.63) is 27.8 Å². The lowest BCUT2D eigenvalue weighted by Gasteiger charge is -2.20. The van der Waals surface area contributed by atoms with Crippen LogP contribution in [0.4, 0.5) is 0 Å². The second-order valence-electron chi connectivity index (χ2n) is 5.58. The zero-order valence-electron chi connectivity index (χ0n) is 13.0. The van der Waals surface area contributed by atoms with Crippen LogP contribution in [0.25, 0.3) is 0 Å². The average Bonchev–Trinajstić information content (AvgIpc) is 2.79. The summed E-state index contributed by atoms with van der Waals surface area (Å²) in [4.78, 5) is 11.8. The largest absolute Gasteiger partial charge is 0.464 e. The minimum atomic E-state index is -3.75. The van der Waals surface area contributed by atoms with Crippen LogP contribution in [0, 0.1) is 34.6 Å². The molecule has 0 aliphatic carbocycles. The zero-order chi connectivity index (χ0) is 15.9. The SMILES string of the molecule is Cc1c(C)c(C)c(S(=O)(=O)NC2CCOC2=O)c(C)c1C. The van der Waals surface area contributed by atoms with Crippen LogP contribution in [-0.4, -0.2) is 27.0 Å². The highest BCUT2D eigenvalue weighted by Crippen LogP contribution is 2.29. The summed E-state index contributed by atoms with van der Waals surface area (Å²) >= 11 is 0. The first kappa shape index (κ1) is 16.0. The van der Waals surface area contributed by atoms with Crippen molar-refractivity contribution in [2.75, 3.05) is 6.61 Å². The molecule has 1 aliphatic rings. The summed E-state index contributed by atoms with van der Waals surface area (Å²) in [5, 5.41) is 0. The lowest BCUT2D eigenvalue weighted by molar-refractivity contribution is -0.139. The van der Waals surface area contributed by atoms with Crippen molar-refractivity contribution in [1.29, 1.82) is 0 Å². The molecule has 1 heterocycles. The summed E-state index contributed by atoms with van der Waals surface area (Å²) in [5.41, 5.74) is 4.49. The Balaban J connectivity index is 2.53. The molecule has 1 atom stereocenters. The predicted octanol–water partition coefficient (Wildman–Crippen LogP) is 1.82. The Hall–Kier alpha value is -1.40. The summed E-state index contributed by atoms with van der Waals surface area (Å²) < 4.78 is 32.6. The van der Waals surface area contributed by atoms with Crippen LogP contribution in [0.2, 0.25) is 0 Å². The van der Waals surface area contributed by atoms with E-state index in [2.05, 4.69) is 4.72 Å². The molecule has 2 rings (SSSR count). The van der Waals surface area contributed by atoms with E-state index in [0.717, 1.165) is 27.8 Å². The van der Waals surface area contributed by atoms with Gasteiger partial charge in [-0.1, -0.05) is 0 Å². The molecule has 1 saturated heterocycles. The van der Waals surface area contributed by atoms with Crippen molar-refractivity contribution in [3.63, 3.8) is 0 Å². The number of carbonyl (C=O) groups is 1. The minimum absolute atomic E-state index is 0.260. The molecular formula is C15H21NO4S. The van der Waals surface area contributed by atoms with Crippen LogP contribution in [0.3, 0.4) is 0 Å². The molecule has 116 valence electrons. The number of ether oxygens (including phenoxy) is 1. The first-order chi connectivity index (χ1) is 9.66. The molecule has 0 aromatic heterocycles. The van der Waals surface area contributed by atoms with Crippen LogP contribution in [0.5, 0.6) is 0 Å². The van der Waals surface area contributed by atoms with Crippen LogP contribution in [0.1, 0.15) is 34.2 Å². The van der Waals surface area contributed by atoms with Crippen LogP contribution in [0.15, 0.2) is 4.90 Å². The number of carbonyl (C=O) groups excluding carboxylic acids is 1. The highest BCUT2D eigenvalue weighted by Gasteiger charge is 2.33. The van der Waals surface area contributed by atoms with Crippen molar-refractivity contribution in [2.45, 2.75) is 52.0 Å². The summed E-state index contributed by atoms with van der Waals surface area (Å²) in [6, 6.07) is -0.782. The molecule has 1 aromatic rings. The number of rotatable bonds is 3. The molecule has 0 radical (unpaired) electrons. The van der Waals surface area contributed by atoms with Crippen molar-refractivity contribution in [1.82, 2.24) is 4.72 Å². The molecule has 0 spiro atoms.